The summed E-state index contributed by atoms with van der Waals surface area (Å²) in [5.41, 5.74) is 3.18. The van der Waals surface area contributed by atoms with E-state index in [2.05, 4.69) is 10.5 Å². The molecule has 0 saturated carbocycles. The summed E-state index contributed by atoms with van der Waals surface area (Å²) in [5.74, 6) is -1.27. The first-order chi connectivity index (χ1) is 16.3. The topological polar surface area (TPSA) is 91.3 Å². The molecule has 0 radical (unpaired) electrons. The number of hydrogen-bond acceptors (Lipinski definition) is 7. The number of hydrazine groups is 1. The third kappa shape index (κ3) is 4.59. The number of esters is 1. The Balaban J connectivity index is 1.58. The van der Waals surface area contributed by atoms with Gasteiger partial charge in [0.2, 0.25) is 5.91 Å². The lowest BCUT2D eigenvalue weighted by Crippen LogP contribution is -2.53. The minimum Gasteiger partial charge on any atom is -0.464 e. The van der Waals surface area contributed by atoms with Gasteiger partial charge in [0.25, 0.3) is 5.91 Å². The van der Waals surface area contributed by atoms with Gasteiger partial charge in [-0.2, -0.15) is 5.10 Å². The van der Waals surface area contributed by atoms with Crippen LogP contribution in [0.2, 0.25) is 0 Å². The second-order valence-electron chi connectivity index (χ2n) is 9.36. The van der Waals surface area contributed by atoms with E-state index in [-0.39, 0.29) is 31.1 Å². The molecule has 8 nitrogen and oxygen atoms in total. The number of nitrogens with zero attached hydrogens (tertiary/aromatic N) is 3. The van der Waals surface area contributed by atoms with Crippen LogP contribution in [0.3, 0.4) is 0 Å². The molecule has 34 heavy (non-hydrogen) atoms. The Morgan fingerprint density at radius 2 is 1.62 bits per heavy atom. The third-order valence-corrected chi connectivity index (χ3v) is 6.26. The fraction of sp³-hybridized carbons (Fsp3) is 0.385. The normalized spacial score (nSPS) is 21.8. The van der Waals surface area contributed by atoms with Gasteiger partial charge in [0, 0.05) is 31.3 Å². The summed E-state index contributed by atoms with van der Waals surface area (Å²) in [4.78, 5) is 39.6. The second kappa shape index (κ2) is 9.38. The predicted molar refractivity (Wildman–Crippen MR) is 127 cm³/mol. The first-order valence-corrected chi connectivity index (χ1v) is 11.5. The number of carbonyl (C=O) groups excluding carboxylic acids is 3. The van der Waals surface area contributed by atoms with E-state index in [1.807, 2.05) is 74.5 Å². The van der Waals surface area contributed by atoms with E-state index in [9.17, 15) is 14.4 Å². The minimum absolute atomic E-state index is 0.0307. The van der Waals surface area contributed by atoms with Crippen LogP contribution in [0, 0.1) is 0 Å². The number of hydrazone groups is 1. The Bertz CT molecular complexity index is 1100. The van der Waals surface area contributed by atoms with Crippen LogP contribution in [-0.4, -0.2) is 51.2 Å². The summed E-state index contributed by atoms with van der Waals surface area (Å²) < 4.78 is 5.33. The third-order valence-electron chi connectivity index (χ3n) is 6.26. The molecule has 2 aromatic rings. The fourth-order valence-electron chi connectivity index (χ4n) is 4.50. The maximum Gasteiger partial charge on any atom is 0.334 e. The van der Waals surface area contributed by atoms with Crippen LogP contribution in [0.25, 0.3) is 0 Å². The molecule has 2 aliphatic heterocycles. The van der Waals surface area contributed by atoms with E-state index >= 15 is 0 Å². The highest BCUT2D eigenvalue weighted by Gasteiger charge is 2.51. The molecule has 2 aromatic carbocycles. The van der Waals surface area contributed by atoms with Gasteiger partial charge in [-0.05, 0) is 31.9 Å². The molecular weight excluding hydrogens is 432 g/mol. The lowest BCUT2D eigenvalue weighted by atomic mass is 9.87. The molecule has 1 N–H and O–H groups in total. The van der Waals surface area contributed by atoms with Gasteiger partial charge in [0.1, 0.15) is 5.71 Å². The summed E-state index contributed by atoms with van der Waals surface area (Å²) >= 11 is 0. The number of ether oxygens (including phenoxy) is 1. The highest BCUT2D eigenvalue weighted by Crippen LogP contribution is 2.33. The molecule has 2 amide bonds. The van der Waals surface area contributed by atoms with Crippen molar-refractivity contribution in [3.8, 4) is 0 Å². The van der Waals surface area contributed by atoms with Gasteiger partial charge < -0.3 is 4.74 Å². The van der Waals surface area contributed by atoms with Crippen molar-refractivity contribution < 1.29 is 19.1 Å². The zero-order chi connectivity index (χ0) is 24.3. The fourth-order valence-corrected chi connectivity index (χ4v) is 4.50. The van der Waals surface area contributed by atoms with Crippen LogP contribution < -0.4 is 5.43 Å². The van der Waals surface area contributed by atoms with E-state index < -0.39 is 23.0 Å². The molecule has 1 atom stereocenters. The van der Waals surface area contributed by atoms with E-state index in [4.69, 9.17) is 4.74 Å². The van der Waals surface area contributed by atoms with E-state index in [0.29, 0.717) is 13.0 Å². The first-order valence-electron chi connectivity index (χ1n) is 11.5. The van der Waals surface area contributed by atoms with Crippen molar-refractivity contribution in [1.82, 2.24) is 15.4 Å². The number of rotatable bonds is 7. The molecule has 2 heterocycles. The standard InChI is InChI=1S/C26H30N4O4/c1-4-34-24(33)26(15-19-11-7-5-8-12-19)16-21(27-28-26)23(32)30-22(31)17-25(2,3)29(30)18-20-13-9-6-10-14-20/h5-14,28H,4,15-18H2,1-3H3. The Hall–Kier alpha value is -3.52. The van der Waals surface area contributed by atoms with Crippen LogP contribution in [-0.2, 0) is 32.1 Å². The van der Waals surface area contributed by atoms with Crippen molar-refractivity contribution in [2.75, 3.05) is 6.61 Å². The summed E-state index contributed by atoms with van der Waals surface area (Å²) in [6, 6.07) is 19.2. The van der Waals surface area contributed by atoms with Crippen molar-refractivity contribution >= 4 is 23.5 Å². The van der Waals surface area contributed by atoms with Gasteiger partial charge in [0.05, 0.1) is 6.61 Å². The Kier molecular flexibility index (Phi) is 6.52. The van der Waals surface area contributed by atoms with Crippen LogP contribution >= 0.6 is 0 Å². The lowest BCUT2D eigenvalue weighted by molar-refractivity contribution is -0.155. The second-order valence-corrected chi connectivity index (χ2v) is 9.36. The van der Waals surface area contributed by atoms with Crippen molar-refractivity contribution in [2.24, 2.45) is 5.10 Å². The van der Waals surface area contributed by atoms with Gasteiger partial charge in [0.15, 0.2) is 5.54 Å². The van der Waals surface area contributed by atoms with E-state index in [1.165, 1.54) is 5.01 Å². The van der Waals surface area contributed by atoms with Gasteiger partial charge in [-0.3, -0.25) is 15.0 Å². The number of carbonyl (C=O) groups is 3. The van der Waals surface area contributed by atoms with Gasteiger partial charge in [-0.25, -0.2) is 14.8 Å². The molecule has 4 rings (SSSR count). The number of hydrogen-bond donors (Lipinski definition) is 1. The van der Waals surface area contributed by atoms with Gasteiger partial charge >= 0.3 is 5.97 Å². The maximum atomic E-state index is 13.6. The molecule has 178 valence electrons. The van der Waals surface area contributed by atoms with Gasteiger partial charge in [-0.15, -0.1) is 0 Å². The molecule has 0 aliphatic carbocycles. The smallest absolute Gasteiger partial charge is 0.334 e. The van der Waals surface area contributed by atoms with Crippen molar-refractivity contribution in [1.29, 1.82) is 0 Å². The molecule has 0 bridgehead atoms. The molecule has 0 spiro atoms. The van der Waals surface area contributed by atoms with Crippen molar-refractivity contribution in [3.05, 3.63) is 71.8 Å². The summed E-state index contributed by atoms with van der Waals surface area (Å²) in [6.07, 6.45) is 0.544. The molecule has 0 aromatic heterocycles. The molecule has 1 saturated heterocycles. The van der Waals surface area contributed by atoms with Crippen LogP contribution in [0.4, 0.5) is 0 Å². The highest BCUT2D eigenvalue weighted by atomic mass is 16.5. The molecule has 1 fully saturated rings. The average molecular weight is 463 g/mol. The quantitative estimate of drug-likeness (QED) is 0.503. The summed E-state index contributed by atoms with van der Waals surface area (Å²) in [6.45, 7) is 6.23. The summed E-state index contributed by atoms with van der Waals surface area (Å²) in [5, 5.41) is 7.23. The molecular formula is C26H30N4O4. The summed E-state index contributed by atoms with van der Waals surface area (Å²) in [7, 11) is 0. The largest absolute Gasteiger partial charge is 0.464 e. The van der Waals surface area contributed by atoms with Crippen LogP contribution in [0.1, 0.15) is 44.7 Å². The predicted octanol–water partition coefficient (Wildman–Crippen LogP) is 2.84. The number of imide groups is 1. The average Bonchev–Trinajstić information content (AvgIpc) is 3.34. The van der Waals surface area contributed by atoms with Crippen molar-refractivity contribution in [2.45, 2.75) is 57.7 Å². The van der Waals surface area contributed by atoms with E-state index in [0.717, 1.165) is 11.1 Å². The monoisotopic (exact) mass is 462 g/mol. The highest BCUT2D eigenvalue weighted by molar-refractivity contribution is 6.42. The lowest BCUT2D eigenvalue weighted by Gasteiger charge is -2.35. The van der Waals surface area contributed by atoms with Crippen LogP contribution in [0.15, 0.2) is 65.8 Å². The molecule has 2 aliphatic rings. The Morgan fingerprint density at radius 1 is 1.00 bits per heavy atom. The van der Waals surface area contributed by atoms with Gasteiger partial charge in [-0.1, -0.05) is 60.7 Å². The van der Waals surface area contributed by atoms with Crippen molar-refractivity contribution in [3.63, 3.8) is 0 Å². The first kappa shape index (κ1) is 23.6. The number of benzene rings is 2. The number of nitrogens with one attached hydrogen (secondary N) is 1. The SMILES string of the molecule is CCOC(=O)C1(Cc2ccccc2)CC(C(=O)N2C(=O)CC(C)(C)N2Cc2ccccc2)=NN1. The maximum absolute atomic E-state index is 13.6. The molecule has 1 unspecified atom stereocenters. The Labute approximate surface area is 199 Å². The minimum atomic E-state index is -1.20. The van der Waals surface area contributed by atoms with E-state index in [1.54, 1.807) is 11.9 Å². The zero-order valence-electron chi connectivity index (χ0n) is 19.8. The molecule has 8 heteroatoms. The zero-order valence-corrected chi connectivity index (χ0v) is 19.8. The number of amides is 2. The Morgan fingerprint density at radius 3 is 2.24 bits per heavy atom. The van der Waals surface area contributed by atoms with Crippen LogP contribution in [0.5, 0.6) is 0 Å².